The van der Waals surface area contributed by atoms with Crippen molar-refractivity contribution in [3.05, 3.63) is 31.3 Å². The number of aryl methyl sites for hydroxylation is 1. The number of carbonyl (C=O) groups is 1. The lowest BCUT2D eigenvalue weighted by atomic mass is 9.97. The second-order valence-corrected chi connectivity index (χ2v) is 19.4. The third kappa shape index (κ3) is 8.01. The van der Waals surface area contributed by atoms with Crippen LogP contribution in [-0.4, -0.2) is 37.4 Å². The highest BCUT2D eigenvalue weighted by Crippen LogP contribution is 2.39. The first kappa shape index (κ1) is 29.2. The molecule has 0 spiro atoms. The zero-order valence-electron chi connectivity index (χ0n) is 22.3. The summed E-state index contributed by atoms with van der Waals surface area (Å²) in [7, 11) is -1.20. The van der Waals surface area contributed by atoms with E-state index in [0.29, 0.717) is 6.61 Å². The van der Waals surface area contributed by atoms with E-state index in [2.05, 4.69) is 35.6 Å². The summed E-state index contributed by atoms with van der Waals surface area (Å²) >= 11 is 4.93. The van der Waals surface area contributed by atoms with Crippen LogP contribution in [0.5, 0.6) is 0 Å². The van der Waals surface area contributed by atoms with E-state index in [4.69, 9.17) is 14.2 Å². The second-order valence-electron chi connectivity index (χ2n) is 12.0. The van der Waals surface area contributed by atoms with Gasteiger partial charge >= 0.3 is 10.8 Å². The Hall–Kier alpha value is -1.00. The van der Waals surface area contributed by atoms with Gasteiger partial charge in [-0.25, -0.2) is 0 Å². The summed E-state index contributed by atoms with van der Waals surface area (Å²) in [6.45, 7) is 21.3. The van der Waals surface area contributed by atoms with E-state index in [9.17, 15) is 9.59 Å². The van der Waals surface area contributed by atoms with Gasteiger partial charge in [0, 0.05) is 24.7 Å². The molecule has 1 aromatic carbocycles. The summed E-state index contributed by atoms with van der Waals surface area (Å²) in [6, 6.07) is 3.05. The molecule has 34 heavy (non-hydrogen) atoms. The third-order valence-corrected chi connectivity index (χ3v) is 8.96. The van der Waals surface area contributed by atoms with Crippen LogP contribution in [0.3, 0.4) is 0 Å². The van der Waals surface area contributed by atoms with Crippen LogP contribution >= 0.6 is 27.3 Å². The zero-order chi connectivity index (χ0) is 26.1. The van der Waals surface area contributed by atoms with Crippen molar-refractivity contribution in [2.45, 2.75) is 92.6 Å². The van der Waals surface area contributed by atoms with Crippen molar-refractivity contribution in [1.29, 1.82) is 0 Å². The molecule has 1 atom stereocenters. The highest BCUT2D eigenvalue weighted by Gasteiger charge is 2.30. The molecule has 192 valence electrons. The summed E-state index contributed by atoms with van der Waals surface area (Å²) < 4.78 is 21.2. The van der Waals surface area contributed by atoms with Gasteiger partial charge in [-0.2, -0.15) is 0 Å². The maximum atomic E-state index is 12.8. The van der Waals surface area contributed by atoms with E-state index in [1.165, 1.54) is 11.3 Å². The molecule has 1 aromatic heterocycles. The average Bonchev–Trinajstić information content (AvgIpc) is 2.95. The van der Waals surface area contributed by atoms with Gasteiger partial charge < -0.3 is 14.2 Å². The molecule has 0 saturated heterocycles. The molecule has 0 aliphatic rings. The lowest BCUT2D eigenvalue weighted by Gasteiger charge is -2.30. The Labute approximate surface area is 217 Å². The van der Waals surface area contributed by atoms with E-state index in [1.807, 2.05) is 54.5 Å². The number of ether oxygens (including phenoxy) is 3. The average molecular weight is 575 g/mol. The van der Waals surface area contributed by atoms with Gasteiger partial charge in [-0.1, -0.05) is 31.0 Å². The lowest BCUT2D eigenvalue weighted by molar-refractivity contribution is -0.162. The number of nitrogens with zero attached hydrogens (tertiary/aromatic N) is 1. The zero-order valence-corrected chi connectivity index (χ0v) is 25.7. The Bertz CT molecular complexity index is 1070. The van der Waals surface area contributed by atoms with Gasteiger partial charge in [-0.05, 0) is 82.1 Å². The number of hydrogen-bond acceptors (Lipinski definition) is 6. The van der Waals surface area contributed by atoms with Crippen molar-refractivity contribution in [3.63, 3.8) is 0 Å². The second kappa shape index (κ2) is 10.9. The van der Waals surface area contributed by atoms with Gasteiger partial charge in [0.15, 0.2) is 0 Å². The summed E-state index contributed by atoms with van der Waals surface area (Å²) in [5.74, 6) is -0.281. The molecule has 0 saturated carbocycles. The number of thiazole rings is 1. The summed E-state index contributed by atoms with van der Waals surface area (Å²) in [4.78, 5) is 25.2. The number of hydrogen-bond donors (Lipinski definition) is 0. The fraction of sp³-hybridized carbons (Fsp3) is 0.680. The predicted octanol–water partition coefficient (Wildman–Crippen LogP) is 6.89. The van der Waals surface area contributed by atoms with Crippen LogP contribution in [0.1, 0.15) is 58.8 Å². The van der Waals surface area contributed by atoms with Crippen LogP contribution in [0.25, 0.3) is 10.2 Å². The fourth-order valence-corrected chi connectivity index (χ4v) is 6.00. The molecule has 0 radical (unpaired) electrons. The molecular weight excluding hydrogens is 534 g/mol. The minimum atomic E-state index is -1.20. The molecular formula is C25H40BrNO5SSi. The molecule has 0 fully saturated rings. The number of rotatable bonds is 9. The Balaban J connectivity index is 2.41. The maximum absolute atomic E-state index is 12.8. The molecule has 2 aromatic rings. The van der Waals surface area contributed by atoms with Crippen molar-refractivity contribution in [1.82, 2.24) is 4.57 Å². The summed E-state index contributed by atoms with van der Waals surface area (Å²) in [6.07, 6.45) is -0.483. The minimum absolute atomic E-state index is 0.0623. The fourth-order valence-electron chi connectivity index (χ4n) is 3.32. The smallest absolute Gasteiger partial charge is 0.311 e. The summed E-state index contributed by atoms with van der Waals surface area (Å²) in [5.41, 5.74) is 1.61. The van der Waals surface area contributed by atoms with Crippen LogP contribution in [0.4, 0.5) is 0 Å². The molecule has 9 heteroatoms. The molecule has 1 unspecified atom stereocenters. The molecule has 0 bridgehead atoms. The Morgan fingerprint density at radius 3 is 2.32 bits per heavy atom. The van der Waals surface area contributed by atoms with Crippen LogP contribution in [0.15, 0.2) is 15.3 Å². The minimum Gasteiger partial charge on any atom is -0.462 e. The number of aromatic nitrogens is 1. The van der Waals surface area contributed by atoms with Gasteiger partial charge in [0.1, 0.15) is 19.4 Å². The van der Waals surface area contributed by atoms with E-state index >= 15 is 0 Å². The van der Waals surface area contributed by atoms with Gasteiger partial charge in [0.05, 0.1) is 21.2 Å². The Kier molecular flexibility index (Phi) is 9.41. The highest BCUT2D eigenvalue weighted by molar-refractivity contribution is 9.10. The van der Waals surface area contributed by atoms with Crippen molar-refractivity contribution in [2.75, 3.05) is 13.2 Å². The van der Waals surface area contributed by atoms with Crippen LogP contribution in [-0.2, 0) is 25.7 Å². The lowest BCUT2D eigenvalue weighted by Crippen LogP contribution is -2.30. The van der Waals surface area contributed by atoms with Crippen LogP contribution < -0.4 is 4.87 Å². The van der Waals surface area contributed by atoms with E-state index in [1.54, 1.807) is 4.57 Å². The van der Waals surface area contributed by atoms with E-state index in [0.717, 1.165) is 31.9 Å². The maximum Gasteiger partial charge on any atom is 0.311 e. The predicted molar refractivity (Wildman–Crippen MR) is 147 cm³/mol. The topological polar surface area (TPSA) is 66.8 Å². The molecule has 1 heterocycles. The van der Waals surface area contributed by atoms with Gasteiger partial charge in [0.25, 0.3) is 0 Å². The monoisotopic (exact) mass is 573 g/mol. The highest BCUT2D eigenvalue weighted by atomic mass is 79.9. The normalized spacial score (nSPS) is 14.0. The Morgan fingerprint density at radius 1 is 1.18 bits per heavy atom. The third-order valence-electron chi connectivity index (χ3n) is 5.16. The SMILES string of the molecule is Cc1cc2c(sc(=O)n2COCC[Si](C)(C)C)c(Br)c1C(COC(=O)C(C)(C)C)OC(C)(C)C. The number of fused-ring (bicyclic) bond motifs is 1. The molecule has 0 amide bonds. The number of carbonyl (C=O) groups excluding carboxylic acids is 1. The van der Waals surface area contributed by atoms with Crippen molar-refractivity contribution in [2.24, 2.45) is 5.41 Å². The van der Waals surface area contributed by atoms with Crippen molar-refractivity contribution in [3.8, 4) is 0 Å². The quantitative estimate of drug-likeness (QED) is 0.185. The van der Waals surface area contributed by atoms with Gasteiger partial charge in [0.2, 0.25) is 0 Å². The molecule has 0 aliphatic heterocycles. The molecule has 2 rings (SSSR count). The number of benzene rings is 1. The van der Waals surface area contributed by atoms with Crippen molar-refractivity contribution >= 4 is 51.5 Å². The van der Waals surface area contributed by atoms with E-state index in [-0.39, 0.29) is 24.2 Å². The van der Waals surface area contributed by atoms with Gasteiger partial charge in [-0.3, -0.25) is 14.2 Å². The van der Waals surface area contributed by atoms with Crippen molar-refractivity contribution < 1.29 is 19.0 Å². The van der Waals surface area contributed by atoms with Crippen LogP contribution in [0.2, 0.25) is 25.7 Å². The van der Waals surface area contributed by atoms with E-state index < -0.39 is 25.2 Å². The number of esters is 1. The number of halogens is 1. The first-order chi connectivity index (χ1) is 15.4. The first-order valence-electron chi connectivity index (χ1n) is 11.7. The molecule has 0 aliphatic carbocycles. The first-order valence-corrected chi connectivity index (χ1v) is 17.0. The molecule has 0 N–H and O–H groups in total. The largest absolute Gasteiger partial charge is 0.462 e. The summed E-state index contributed by atoms with van der Waals surface area (Å²) in [5, 5.41) is 0. The van der Waals surface area contributed by atoms with Gasteiger partial charge in [-0.15, -0.1) is 0 Å². The standard InChI is InChI=1S/C25H40BrNO5SSi/c1-16-13-17-21(33-23(29)27(17)15-30-11-12-34(8,9)10)20(26)19(16)18(32-25(5,6)7)14-31-22(28)24(2,3)4/h13,18H,11-12,14-15H2,1-10H3. The van der Waals surface area contributed by atoms with Crippen LogP contribution in [0, 0.1) is 12.3 Å². The Morgan fingerprint density at radius 2 is 1.79 bits per heavy atom. The molecule has 6 nitrogen and oxygen atoms in total.